The predicted octanol–water partition coefficient (Wildman–Crippen LogP) is 2.91. The molecule has 18 heavy (non-hydrogen) atoms. The van der Waals surface area contributed by atoms with E-state index in [-0.39, 0.29) is 11.9 Å². The molecule has 0 fully saturated rings. The molecule has 100 valence electrons. The second kappa shape index (κ2) is 7.31. The van der Waals surface area contributed by atoms with Gasteiger partial charge in [0, 0.05) is 24.5 Å². The average Bonchev–Trinajstić information content (AvgIpc) is 2.35. The number of carbonyl (C=O) groups is 1. The molecular formula is C14H22N2OS. The van der Waals surface area contributed by atoms with E-state index in [9.17, 15) is 4.79 Å². The van der Waals surface area contributed by atoms with Crippen molar-refractivity contribution in [2.45, 2.75) is 26.8 Å². The maximum absolute atomic E-state index is 12.1. The Labute approximate surface area is 114 Å². The Morgan fingerprint density at radius 2 is 2.17 bits per heavy atom. The molecule has 0 radical (unpaired) electrons. The van der Waals surface area contributed by atoms with Crippen LogP contribution in [0.2, 0.25) is 0 Å². The monoisotopic (exact) mass is 266 g/mol. The highest BCUT2D eigenvalue weighted by molar-refractivity contribution is 7.99. The first-order valence-corrected chi connectivity index (χ1v) is 7.41. The quantitative estimate of drug-likeness (QED) is 0.832. The van der Waals surface area contributed by atoms with E-state index in [2.05, 4.69) is 17.6 Å². The predicted molar refractivity (Wildman–Crippen MR) is 80.7 cm³/mol. The molecule has 1 aromatic carbocycles. The van der Waals surface area contributed by atoms with Gasteiger partial charge >= 0.3 is 0 Å². The number of hydrogen-bond donors (Lipinski definition) is 2. The Hall–Kier alpha value is -1.16. The summed E-state index contributed by atoms with van der Waals surface area (Å²) in [6.45, 7) is 6.18. The number of rotatable bonds is 6. The Morgan fingerprint density at radius 1 is 1.44 bits per heavy atom. The number of carbonyl (C=O) groups excluding carboxylic acids is 1. The molecule has 0 saturated heterocycles. The lowest BCUT2D eigenvalue weighted by molar-refractivity contribution is 0.0944. The van der Waals surface area contributed by atoms with Crippen LogP contribution in [0.5, 0.6) is 0 Å². The zero-order valence-corrected chi connectivity index (χ0v) is 12.4. The van der Waals surface area contributed by atoms with Crippen LogP contribution in [0.3, 0.4) is 0 Å². The highest BCUT2D eigenvalue weighted by Crippen LogP contribution is 2.17. The SMILES string of the molecule is CCSCC(C)NC(=O)c1ccc(C)cc1NC. The molecule has 0 aliphatic rings. The number of anilines is 1. The van der Waals surface area contributed by atoms with E-state index >= 15 is 0 Å². The van der Waals surface area contributed by atoms with Gasteiger partial charge in [0.25, 0.3) is 5.91 Å². The minimum Gasteiger partial charge on any atom is -0.387 e. The fourth-order valence-corrected chi connectivity index (χ4v) is 2.37. The third-order valence-corrected chi connectivity index (χ3v) is 3.78. The summed E-state index contributed by atoms with van der Waals surface area (Å²) < 4.78 is 0. The molecule has 0 aliphatic heterocycles. The molecule has 0 heterocycles. The van der Waals surface area contributed by atoms with Gasteiger partial charge in [0.1, 0.15) is 0 Å². The van der Waals surface area contributed by atoms with Crippen LogP contribution in [0.15, 0.2) is 18.2 Å². The molecule has 2 N–H and O–H groups in total. The van der Waals surface area contributed by atoms with E-state index in [0.29, 0.717) is 5.56 Å². The van der Waals surface area contributed by atoms with Gasteiger partial charge in [-0.1, -0.05) is 13.0 Å². The first-order valence-electron chi connectivity index (χ1n) is 6.25. The van der Waals surface area contributed by atoms with E-state index in [1.54, 1.807) is 0 Å². The standard InChI is InChI=1S/C14H22N2OS/c1-5-18-9-11(3)16-14(17)12-7-6-10(2)8-13(12)15-4/h6-8,11,15H,5,9H2,1-4H3,(H,16,17). The van der Waals surface area contributed by atoms with Gasteiger partial charge in [-0.2, -0.15) is 11.8 Å². The summed E-state index contributed by atoms with van der Waals surface area (Å²) in [5.74, 6) is 2.01. The van der Waals surface area contributed by atoms with Crippen LogP contribution in [0, 0.1) is 6.92 Å². The van der Waals surface area contributed by atoms with E-state index in [1.807, 2.05) is 50.9 Å². The van der Waals surface area contributed by atoms with E-state index in [4.69, 9.17) is 0 Å². The van der Waals surface area contributed by atoms with Crippen LogP contribution in [0.4, 0.5) is 5.69 Å². The van der Waals surface area contributed by atoms with Gasteiger partial charge in [0.15, 0.2) is 0 Å². The van der Waals surface area contributed by atoms with Crippen LogP contribution in [0.1, 0.15) is 29.8 Å². The second-order valence-electron chi connectivity index (χ2n) is 4.33. The normalized spacial score (nSPS) is 12.0. The van der Waals surface area contributed by atoms with Crippen molar-refractivity contribution in [2.75, 3.05) is 23.9 Å². The number of thioether (sulfide) groups is 1. The van der Waals surface area contributed by atoms with Crippen molar-refractivity contribution in [2.24, 2.45) is 0 Å². The number of nitrogens with one attached hydrogen (secondary N) is 2. The van der Waals surface area contributed by atoms with Crippen molar-refractivity contribution in [3.63, 3.8) is 0 Å². The molecule has 0 bridgehead atoms. The summed E-state index contributed by atoms with van der Waals surface area (Å²) in [5.41, 5.74) is 2.73. The molecule has 0 aliphatic carbocycles. The summed E-state index contributed by atoms with van der Waals surface area (Å²) in [7, 11) is 1.84. The highest BCUT2D eigenvalue weighted by atomic mass is 32.2. The average molecular weight is 266 g/mol. The summed E-state index contributed by atoms with van der Waals surface area (Å²) in [6.07, 6.45) is 0. The van der Waals surface area contributed by atoms with Crippen molar-refractivity contribution < 1.29 is 4.79 Å². The lowest BCUT2D eigenvalue weighted by Crippen LogP contribution is -2.34. The fraction of sp³-hybridized carbons (Fsp3) is 0.500. The molecule has 0 spiro atoms. The van der Waals surface area contributed by atoms with Crippen LogP contribution >= 0.6 is 11.8 Å². The van der Waals surface area contributed by atoms with Crippen molar-refractivity contribution in [1.29, 1.82) is 0 Å². The Bertz CT molecular complexity index is 407. The largest absolute Gasteiger partial charge is 0.387 e. The molecule has 0 aromatic heterocycles. The van der Waals surface area contributed by atoms with Crippen molar-refractivity contribution in [3.05, 3.63) is 29.3 Å². The zero-order valence-electron chi connectivity index (χ0n) is 11.5. The second-order valence-corrected chi connectivity index (χ2v) is 5.65. The van der Waals surface area contributed by atoms with E-state index in [0.717, 1.165) is 22.8 Å². The maximum Gasteiger partial charge on any atom is 0.253 e. The van der Waals surface area contributed by atoms with Crippen molar-refractivity contribution in [3.8, 4) is 0 Å². The lowest BCUT2D eigenvalue weighted by atomic mass is 10.1. The first-order chi connectivity index (χ1) is 8.58. The van der Waals surface area contributed by atoms with Gasteiger partial charge in [-0.15, -0.1) is 0 Å². The summed E-state index contributed by atoms with van der Waals surface area (Å²) >= 11 is 1.84. The van der Waals surface area contributed by atoms with Crippen LogP contribution in [-0.4, -0.2) is 30.5 Å². The molecule has 1 rings (SSSR count). The van der Waals surface area contributed by atoms with Crippen LogP contribution in [0.25, 0.3) is 0 Å². The van der Waals surface area contributed by atoms with Crippen LogP contribution in [-0.2, 0) is 0 Å². The van der Waals surface area contributed by atoms with Crippen LogP contribution < -0.4 is 10.6 Å². The topological polar surface area (TPSA) is 41.1 Å². The highest BCUT2D eigenvalue weighted by Gasteiger charge is 2.13. The minimum absolute atomic E-state index is 0.0106. The third kappa shape index (κ3) is 4.26. The fourth-order valence-electron chi connectivity index (χ4n) is 1.70. The Morgan fingerprint density at radius 3 is 2.78 bits per heavy atom. The van der Waals surface area contributed by atoms with Crippen molar-refractivity contribution >= 4 is 23.4 Å². The maximum atomic E-state index is 12.1. The van der Waals surface area contributed by atoms with Gasteiger partial charge in [-0.05, 0) is 37.3 Å². The molecular weight excluding hydrogens is 244 g/mol. The molecule has 4 heteroatoms. The van der Waals surface area contributed by atoms with E-state index < -0.39 is 0 Å². The van der Waals surface area contributed by atoms with Crippen molar-refractivity contribution in [1.82, 2.24) is 5.32 Å². The van der Waals surface area contributed by atoms with E-state index in [1.165, 1.54) is 0 Å². The summed E-state index contributed by atoms with van der Waals surface area (Å²) in [4.78, 5) is 12.1. The van der Waals surface area contributed by atoms with Gasteiger partial charge in [-0.25, -0.2) is 0 Å². The molecule has 0 saturated carbocycles. The lowest BCUT2D eigenvalue weighted by Gasteiger charge is -2.15. The molecule has 1 aromatic rings. The number of aryl methyl sites for hydroxylation is 1. The summed E-state index contributed by atoms with van der Waals surface area (Å²) in [5, 5.41) is 6.09. The molecule has 3 nitrogen and oxygen atoms in total. The molecule has 1 unspecified atom stereocenters. The Balaban J connectivity index is 2.72. The molecule has 1 atom stereocenters. The van der Waals surface area contributed by atoms with Gasteiger partial charge < -0.3 is 10.6 Å². The number of amides is 1. The van der Waals surface area contributed by atoms with Gasteiger partial charge in [-0.3, -0.25) is 4.79 Å². The minimum atomic E-state index is -0.0106. The van der Waals surface area contributed by atoms with Gasteiger partial charge in [0.2, 0.25) is 0 Å². The first kappa shape index (κ1) is 14.9. The summed E-state index contributed by atoms with van der Waals surface area (Å²) in [6, 6.07) is 6.01. The number of hydrogen-bond acceptors (Lipinski definition) is 3. The third-order valence-electron chi connectivity index (χ3n) is 2.64. The van der Waals surface area contributed by atoms with Gasteiger partial charge in [0.05, 0.1) is 5.56 Å². The smallest absolute Gasteiger partial charge is 0.253 e. The number of benzene rings is 1. The molecule has 1 amide bonds. The zero-order chi connectivity index (χ0) is 13.5. The Kier molecular flexibility index (Phi) is 6.05.